The monoisotopic (exact) mass is 332 g/mol. The molecule has 0 aliphatic heterocycles. The molecule has 0 amide bonds. The van der Waals surface area contributed by atoms with Gasteiger partial charge in [-0.3, -0.25) is 0 Å². The number of allylic oxidation sites excluding steroid dienone is 2. The largest absolute Gasteiger partial charge is 0.207 e. The van der Waals surface area contributed by atoms with Crippen molar-refractivity contribution in [1.29, 1.82) is 0 Å². The maximum atomic E-state index is 12.8. The van der Waals surface area contributed by atoms with E-state index in [0.29, 0.717) is 11.8 Å². The number of hydrogen-bond donors (Lipinski definition) is 0. The van der Waals surface area contributed by atoms with Crippen LogP contribution in [0.3, 0.4) is 0 Å². The molecule has 0 atom stereocenters. The second kappa shape index (κ2) is 8.67. The zero-order valence-corrected chi connectivity index (χ0v) is 14.8. The van der Waals surface area contributed by atoms with Gasteiger partial charge in [-0.1, -0.05) is 49.1 Å². The Morgan fingerprint density at radius 2 is 1.64 bits per heavy atom. The highest BCUT2D eigenvalue weighted by Crippen LogP contribution is 2.36. The molecule has 1 aliphatic carbocycles. The lowest BCUT2D eigenvalue weighted by molar-refractivity contribution is 0.376. The Balaban J connectivity index is 1.49. The zero-order valence-electron chi connectivity index (χ0n) is 14.8. The van der Waals surface area contributed by atoms with E-state index < -0.39 is 0 Å². The average molecular weight is 332 g/mol. The molecule has 0 spiro atoms. The summed E-state index contributed by atoms with van der Waals surface area (Å²) >= 11 is 0. The minimum atomic E-state index is -0.220. The van der Waals surface area contributed by atoms with Crippen molar-refractivity contribution in [2.45, 2.75) is 44.9 Å². The Morgan fingerprint density at radius 3 is 2.28 bits per heavy atom. The van der Waals surface area contributed by atoms with Gasteiger partial charge in [-0.05, 0) is 85.4 Å². The number of halogens is 1. The van der Waals surface area contributed by atoms with Crippen molar-refractivity contribution in [2.24, 2.45) is 5.92 Å². The fourth-order valence-electron chi connectivity index (χ4n) is 3.51. The third-order valence-electron chi connectivity index (χ3n) is 5.14. The van der Waals surface area contributed by atoms with Gasteiger partial charge in [-0.15, -0.1) is 0 Å². The quantitative estimate of drug-likeness (QED) is 0.581. The molecule has 1 aliphatic rings. The maximum absolute atomic E-state index is 12.8. The fraction of sp³-hybridized carbons (Fsp3) is 0.333. The smallest absolute Gasteiger partial charge is 0.123 e. The van der Waals surface area contributed by atoms with Gasteiger partial charge in [0.2, 0.25) is 0 Å². The van der Waals surface area contributed by atoms with Crippen LogP contribution < -0.4 is 0 Å². The summed E-state index contributed by atoms with van der Waals surface area (Å²) in [7, 11) is 0. The third-order valence-corrected chi connectivity index (χ3v) is 5.14. The average Bonchev–Trinajstić information content (AvgIpc) is 2.67. The molecular formula is C24H25F. The van der Waals surface area contributed by atoms with Gasteiger partial charge < -0.3 is 0 Å². The first-order chi connectivity index (χ1) is 12.2. The normalized spacial score (nSPS) is 20.2. The van der Waals surface area contributed by atoms with E-state index in [-0.39, 0.29) is 5.82 Å². The standard InChI is InChI=1S/C24H25F/c1-2-19-7-13-22(14-8-19)23-15-9-20(10-16-23)5-3-4-6-21-11-17-24(25)18-12-21/h3,5,7-8,11-14,17-18,20,23H,2,9-10,15-16H2,1H3/b5-3+. The molecule has 0 N–H and O–H groups in total. The van der Waals surface area contributed by atoms with Crippen LogP contribution >= 0.6 is 0 Å². The van der Waals surface area contributed by atoms with Crippen LogP contribution in [0, 0.1) is 23.6 Å². The Bertz CT molecular complexity index is 748. The van der Waals surface area contributed by atoms with Gasteiger partial charge >= 0.3 is 0 Å². The van der Waals surface area contributed by atoms with E-state index in [1.54, 1.807) is 12.1 Å². The van der Waals surface area contributed by atoms with E-state index in [2.05, 4.69) is 49.1 Å². The number of benzene rings is 2. The summed E-state index contributed by atoms with van der Waals surface area (Å²) in [6.45, 7) is 2.20. The lowest BCUT2D eigenvalue weighted by Gasteiger charge is -2.27. The lowest BCUT2D eigenvalue weighted by atomic mass is 9.78. The van der Waals surface area contributed by atoms with E-state index in [9.17, 15) is 4.39 Å². The molecular weight excluding hydrogens is 307 g/mol. The molecule has 2 aromatic rings. The van der Waals surface area contributed by atoms with Crippen molar-refractivity contribution < 1.29 is 4.39 Å². The van der Waals surface area contributed by atoms with Crippen molar-refractivity contribution in [3.8, 4) is 11.8 Å². The van der Waals surface area contributed by atoms with Crippen LogP contribution in [0.1, 0.15) is 55.2 Å². The molecule has 1 saturated carbocycles. The van der Waals surface area contributed by atoms with E-state index in [1.165, 1.54) is 48.9 Å². The predicted octanol–water partition coefficient (Wildman–Crippen LogP) is 6.27. The minimum Gasteiger partial charge on any atom is -0.207 e. The van der Waals surface area contributed by atoms with Crippen molar-refractivity contribution in [3.63, 3.8) is 0 Å². The lowest BCUT2D eigenvalue weighted by Crippen LogP contribution is -2.11. The van der Waals surface area contributed by atoms with Crippen LogP contribution in [0.4, 0.5) is 4.39 Å². The van der Waals surface area contributed by atoms with Crippen molar-refractivity contribution in [3.05, 3.63) is 83.2 Å². The molecule has 2 aromatic carbocycles. The highest BCUT2D eigenvalue weighted by molar-refractivity contribution is 5.37. The van der Waals surface area contributed by atoms with Gasteiger partial charge in [0.25, 0.3) is 0 Å². The molecule has 128 valence electrons. The van der Waals surface area contributed by atoms with Crippen LogP contribution in [-0.4, -0.2) is 0 Å². The molecule has 25 heavy (non-hydrogen) atoms. The second-order valence-electron chi connectivity index (χ2n) is 6.84. The number of aryl methyl sites for hydroxylation is 1. The number of hydrogen-bond acceptors (Lipinski definition) is 0. The number of rotatable bonds is 3. The van der Waals surface area contributed by atoms with E-state index in [1.807, 2.05) is 6.08 Å². The van der Waals surface area contributed by atoms with Gasteiger partial charge in [-0.25, -0.2) is 4.39 Å². The molecule has 3 rings (SSSR count). The van der Waals surface area contributed by atoms with Crippen LogP contribution in [0.2, 0.25) is 0 Å². The molecule has 0 bridgehead atoms. The maximum Gasteiger partial charge on any atom is 0.123 e. The Kier molecular flexibility index (Phi) is 6.07. The zero-order chi connectivity index (χ0) is 17.5. The molecule has 0 unspecified atom stereocenters. The van der Waals surface area contributed by atoms with Crippen molar-refractivity contribution in [2.75, 3.05) is 0 Å². The summed E-state index contributed by atoms with van der Waals surface area (Å²) in [5, 5.41) is 0. The SMILES string of the molecule is CCc1ccc(C2CCC(/C=C/C#Cc3ccc(F)cc3)CC2)cc1. The van der Waals surface area contributed by atoms with Crippen LogP contribution in [0.15, 0.2) is 60.7 Å². The first-order valence-electron chi connectivity index (χ1n) is 9.27. The Labute approximate surface area is 150 Å². The van der Waals surface area contributed by atoms with E-state index in [4.69, 9.17) is 0 Å². The second-order valence-corrected chi connectivity index (χ2v) is 6.84. The highest BCUT2D eigenvalue weighted by Gasteiger charge is 2.20. The van der Waals surface area contributed by atoms with Crippen molar-refractivity contribution >= 4 is 0 Å². The summed E-state index contributed by atoms with van der Waals surface area (Å²) in [5.41, 5.74) is 3.76. The van der Waals surface area contributed by atoms with Gasteiger partial charge in [0.05, 0.1) is 0 Å². The molecule has 1 fully saturated rings. The Morgan fingerprint density at radius 1 is 0.960 bits per heavy atom. The van der Waals surface area contributed by atoms with Crippen molar-refractivity contribution in [1.82, 2.24) is 0 Å². The topological polar surface area (TPSA) is 0 Å². The molecule has 1 heteroatoms. The summed E-state index contributed by atoms with van der Waals surface area (Å²) in [6, 6.07) is 15.5. The summed E-state index contributed by atoms with van der Waals surface area (Å²) in [4.78, 5) is 0. The predicted molar refractivity (Wildman–Crippen MR) is 103 cm³/mol. The molecule has 0 aromatic heterocycles. The van der Waals surface area contributed by atoms with Crippen LogP contribution in [-0.2, 0) is 6.42 Å². The Hall–Kier alpha value is -2.33. The van der Waals surface area contributed by atoms with Gasteiger partial charge in [0.1, 0.15) is 5.82 Å². The molecule has 0 radical (unpaired) electrons. The summed E-state index contributed by atoms with van der Waals surface area (Å²) in [5.74, 6) is 7.25. The van der Waals surface area contributed by atoms with Gasteiger partial charge in [-0.2, -0.15) is 0 Å². The highest BCUT2D eigenvalue weighted by atomic mass is 19.1. The van der Waals surface area contributed by atoms with Crippen LogP contribution in [0.25, 0.3) is 0 Å². The first-order valence-corrected chi connectivity index (χ1v) is 9.27. The fourth-order valence-corrected chi connectivity index (χ4v) is 3.51. The third kappa shape index (κ3) is 5.07. The van der Waals surface area contributed by atoms with E-state index in [0.717, 1.165) is 12.0 Å². The first kappa shape index (κ1) is 17.5. The van der Waals surface area contributed by atoms with E-state index >= 15 is 0 Å². The summed E-state index contributed by atoms with van der Waals surface area (Å²) < 4.78 is 12.8. The summed E-state index contributed by atoms with van der Waals surface area (Å²) in [6.07, 6.45) is 10.3. The molecule has 0 heterocycles. The minimum absolute atomic E-state index is 0.220. The molecule has 0 saturated heterocycles. The van der Waals surface area contributed by atoms with Crippen LogP contribution in [0.5, 0.6) is 0 Å². The van der Waals surface area contributed by atoms with Gasteiger partial charge in [0, 0.05) is 5.56 Å². The molecule has 0 nitrogen and oxygen atoms in total. The van der Waals surface area contributed by atoms with Gasteiger partial charge in [0.15, 0.2) is 0 Å².